The fourth-order valence-corrected chi connectivity index (χ4v) is 8.04. The van der Waals surface area contributed by atoms with Crippen molar-refractivity contribution in [3.05, 3.63) is 210 Å². The van der Waals surface area contributed by atoms with Crippen LogP contribution in [0.5, 0.6) is 5.88 Å². The van der Waals surface area contributed by atoms with Crippen molar-refractivity contribution in [2.45, 2.75) is 78.5 Å². The van der Waals surface area contributed by atoms with Crippen LogP contribution in [0, 0.1) is 13.8 Å². The Hall–Kier alpha value is -6.08. The Morgan fingerprint density at radius 2 is 1.00 bits per heavy atom. The fourth-order valence-electron chi connectivity index (χ4n) is 6.64. The van der Waals surface area contributed by atoms with E-state index in [1.807, 2.05) is 134 Å². The van der Waals surface area contributed by atoms with Crippen molar-refractivity contribution in [2.24, 2.45) is 0 Å². The van der Waals surface area contributed by atoms with Gasteiger partial charge in [-0.05, 0) is 138 Å². The smallest absolute Gasteiger partial charge is 0.338 e. The van der Waals surface area contributed by atoms with E-state index >= 15 is 0 Å². The molecular formula is C56H53BrCl4N4O6. The first kappa shape index (κ1) is 54.3. The number of ether oxygens (including phenoxy) is 3. The Labute approximate surface area is 442 Å². The summed E-state index contributed by atoms with van der Waals surface area (Å²) < 4.78 is 20.1. The molecule has 2 heterocycles. The molecule has 10 nitrogen and oxygen atoms in total. The number of hydrogen-bond acceptors (Lipinski definition) is 7. The largest absolute Gasteiger partial charge is 0.471 e. The number of nitrogens with zero attached hydrogens (tertiary/aromatic N) is 3. The van der Waals surface area contributed by atoms with Crippen LogP contribution in [0.25, 0.3) is 33.6 Å². The zero-order valence-electron chi connectivity index (χ0n) is 40.5. The number of halogens is 5. The van der Waals surface area contributed by atoms with Gasteiger partial charge < -0.3 is 14.2 Å². The lowest BCUT2D eigenvalue weighted by atomic mass is 10.1. The highest BCUT2D eigenvalue weighted by Crippen LogP contribution is 2.33. The maximum atomic E-state index is 12.3. The van der Waals surface area contributed by atoms with Gasteiger partial charge in [0.15, 0.2) is 0 Å². The fraction of sp³-hybridized carbons (Fsp3) is 0.214. The number of nitrogens with one attached hydrogen (secondary N) is 1. The summed E-state index contributed by atoms with van der Waals surface area (Å²) in [6.07, 6.45) is 3.64. The third kappa shape index (κ3) is 16.2. The lowest BCUT2D eigenvalue weighted by Crippen LogP contribution is -2.23. The molecule has 6 aromatic carbocycles. The topological polar surface area (TPSA) is 117 Å². The molecule has 0 fully saturated rings. The van der Waals surface area contributed by atoms with E-state index in [-0.39, 0.29) is 24.1 Å². The van der Waals surface area contributed by atoms with E-state index in [1.54, 1.807) is 76.2 Å². The lowest BCUT2D eigenvalue weighted by Gasteiger charge is -2.19. The van der Waals surface area contributed by atoms with E-state index < -0.39 is 11.2 Å². The first-order chi connectivity index (χ1) is 33.5. The molecule has 8 rings (SSSR count). The second kappa shape index (κ2) is 23.9. The Kier molecular flexibility index (Phi) is 18.3. The first-order valence-electron chi connectivity index (χ1n) is 22.3. The maximum Gasteiger partial charge on any atom is 0.338 e. The minimum absolute atomic E-state index is 0.157. The molecule has 0 saturated carbocycles. The van der Waals surface area contributed by atoms with Gasteiger partial charge in [0, 0.05) is 37.8 Å². The quantitative estimate of drug-likeness (QED) is 0.107. The van der Waals surface area contributed by atoms with Crippen LogP contribution in [-0.4, -0.2) is 42.7 Å². The molecule has 0 atom stereocenters. The van der Waals surface area contributed by atoms with Gasteiger partial charge in [0.1, 0.15) is 17.8 Å². The average Bonchev–Trinajstić information content (AvgIpc) is 3.92. The molecule has 0 saturated heterocycles. The molecule has 1 N–H and O–H groups in total. The average molecular weight is 1100 g/mol. The summed E-state index contributed by atoms with van der Waals surface area (Å²) in [4.78, 5) is 36.0. The van der Waals surface area contributed by atoms with Gasteiger partial charge in [-0.2, -0.15) is 0 Å². The molecular weight excluding hydrogens is 1050 g/mol. The van der Waals surface area contributed by atoms with Gasteiger partial charge in [0.2, 0.25) is 5.88 Å². The van der Waals surface area contributed by atoms with E-state index in [2.05, 4.69) is 26.1 Å². The molecule has 0 aliphatic rings. The summed E-state index contributed by atoms with van der Waals surface area (Å²) in [5.74, 6) is -0.157. The zero-order valence-corrected chi connectivity index (χ0v) is 45.1. The molecule has 0 radical (unpaired) electrons. The summed E-state index contributed by atoms with van der Waals surface area (Å²) in [6.45, 7) is 15.4. The molecule has 0 amide bonds. The number of aromatic nitrogens is 4. The van der Waals surface area contributed by atoms with Crippen molar-refractivity contribution in [2.75, 3.05) is 0 Å². The predicted octanol–water partition coefficient (Wildman–Crippen LogP) is 15.7. The standard InChI is InChI=1S/C28H26Cl2N2O3.C16H12Cl2N2O.C12H15BrO2/c1-18-5-9-20(10-6-18)25-16-32(24-14-22(29)13-23(30)15-24)31-26(25)34-17-19-7-11-21(12-8-19)27(33)35-28(2,3)4;1-10-2-4-11(5-3-10)15-9-20(19-16(15)21)14-7-12(17)6-13(18)8-14;1-12(2,3)15-11(14)10-6-4-9(8-13)5-7-10/h5-16H,17H2,1-4H3;2-9H,1H3,(H,19,21);4-7H,8H2,1-3H3. The van der Waals surface area contributed by atoms with Crippen LogP contribution in [0.2, 0.25) is 20.1 Å². The monoisotopic (exact) mass is 1100 g/mol. The van der Waals surface area contributed by atoms with E-state index in [0.29, 0.717) is 48.3 Å². The highest BCUT2D eigenvalue weighted by Gasteiger charge is 2.20. The second-order valence-electron chi connectivity index (χ2n) is 18.5. The van der Waals surface area contributed by atoms with Crippen molar-refractivity contribution in [1.29, 1.82) is 0 Å². The molecule has 0 aliphatic carbocycles. The SMILES string of the molecule is CC(C)(C)OC(=O)c1ccc(CBr)cc1.Cc1ccc(-c2cn(-c3cc(Cl)cc(Cl)c3)[nH]c2=O)cc1.Cc1ccc(-c2cn(-c3cc(Cl)cc(Cl)c3)nc2OCc2ccc(C(=O)OC(C)(C)C)cc2)cc1. The van der Waals surface area contributed by atoms with Gasteiger partial charge in [-0.15, -0.1) is 5.10 Å². The molecule has 2 aromatic heterocycles. The summed E-state index contributed by atoms with van der Waals surface area (Å²) in [5, 5.41) is 10.3. The first-order valence-corrected chi connectivity index (χ1v) is 25.0. The molecule has 0 bridgehead atoms. The van der Waals surface area contributed by atoms with Crippen molar-refractivity contribution in [3.8, 4) is 39.5 Å². The molecule has 15 heteroatoms. The number of aryl methyl sites for hydroxylation is 2. The number of benzene rings is 6. The van der Waals surface area contributed by atoms with Gasteiger partial charge in [-0.1, -0.05) is 146 Å². The summed E-state index contributed by atoms with van der Waals surface area (Å²) >= 11 is 27.7. The van der Waals surface area contributed by atoms with E-state index in [4.69, 9.17) is 60.6 Å². The highest BCUT2D eigenvalue weighted by molar-refractivity contribution is 9.08. The van der Waals surface area contributed by atoms with Gasteiger partial charge in [-0.25, -0.2) is 14.3 Å². The van der Waals surface area contributed by atoms with Gasteiger partial charge in [-0.3, -0.25) is 14.6 Å². The number of rotatable bonds is 10. The van der Waals surface area contributed by atoms with Crippen molar-refractivity contribution in [3.63, 3.8) is 0 Å². The van der Waals surface area contributed by atoms with E-state index in [1.165, 1.54) is 0 Å². The maximum absolute atomic E-state index is 12.3. The number of carbonyl (C=O) groups excluding carboxylic acids is 2. The van der Waals surface area contributed by atoms with Crippen molar-refractivity contribution in [1.82, 2.24) is 19.6 Å². The summed E-state index contributed by atoms with van der Waals surface area (Å²) in [7, 11) is 0. The molecule has 0 unspecified atom stereocenters. The second-order valence-corrected chi connectivity index (χ2v) is 20.8. The minimum Gasteiger partial charge on any atom is -0.471 e. The summed E-state index contributed by atoms with van der Waals surface area (Å²) in [6, 6.07) is 40.9. The summed E-state index contributed by atoms with van der Waals surface area (Å²) in [5.41, 5.74) is 9.02. The predicted molar refractivity (Wildman–Crippen MR) is 291 cm³/mol. The third-order valence-corrected chi connectivity index (χ3v) is 11.6. The van der Waals surface area contributed by atoms with Crippen LogP contribution in [0.1, 0.15) is 84.5 Å². The lowest BCUT2D eigenvalue weighted by molar-refractivity contribution is 0.00570. The van der Waals surface area contributed by atoms with E-state index in [0.717, 1.165) is 50.0 Å². The van der Waals surface area contributed by atoms with Gasteiger partial charge in [0.05, 0.1) is 33.6 Å². The van der Waals surface area contributed by atoms with Gasteiger partial charge >= 0.3 is 11.9 Å². The molecule has 71 heavy (non-hydrogen) atoms. The molecule has 8 aromatic rings. The number of hydrogen-bond donors (Lipinski definition) is 1. The van der Waals surface area contributed by atoms with Crippen LogP contribution in [0.15, 0.2) is 151 Å². The minimum atomic E-state index is -0.544. The van der Waals surface area contributed by atoms with Crippen LogP contribution in [0.3, 0.4) is 0 Å². The van der Waals surface area contributed by atoms with Crippen LogP contribution >= 0.6 is 62.3 Å². The number of H-pyrrole nitrogens is 1. The number of alkyl halides is 1. The van der Waals surface area contributed by atoms with Crippen molar-refractivity contribution < 1.29 is 23.8 Å². The Morgan fingerprint density at radius 3 is 1.44 bits per heavy atom. The highest BCUT2D eigenvalue weighted by atomic mass is 79.9. The number of esters is 2. The van der Waals surface area contributed by atoms with Crippen LogP contribution in [-0.2, 0) is 21.4 Å². The molecule has 0 spiro atoms. The Balaban J connectivity index is 0.000000194. The van der Waals surface area contributed by atoms with Crippen LogP contribution in [0.4, 0.5) is 0 Å². The Morgan fingerprint density at radius 1 is 0.577 bits per heavy atom. The molecule has 368 valence electrons. The Bertz CT molecular complexity index is 3110. The van der Waals surface area contributed by atoms with Gasteiger partial charge in [0.25, 0.3) is 5.56 Å². The zero-order chi connectivity index (χ0) is 51.6. The van der Waals surface area contributed by atoms with E-state index in [9.17, 15) is 14.4 Å². The number of aromatic amines is 1. The van der Waals surface area contributed by atoms with Crippen LogP contribution < -0.4 is 10.3 Å². The normalized spacial score (nSPS) is 11.2. The van der Waals surface area contributed by atoms with Crippen molar-refractivity contribution >= 4 is 74.3 Å². The molecule has 0 aliphatic heterocycles. The number of carbonyl (C=O) groups is 2. The third-order valence-electron chi connectivity index (χ3n) is 10.1.